The number of aryl methyl sites for hydroxylation is 1. The first-order valence-electron chi connectivity index (χ1n) is 6.11. The summed E-state index contributed by atoms with van der Waals surface area (Å²) in [7, 11) is 0. The monoisotopic (exact) mass is 214 g/mol. The van der Waals surface area contributed by atoms with Crippen molar-refractivity contribution in [3.05, 3.63) is 23.3 Å². The van der Waals surface area contributed by atoms with Gasteiger partial charge < -0.3 is 0 Å². The van der Waals surface area contributed by atoms with E-state index in [1.54, 1.807) is 0 Å². The molecule has 1 saturated carbocycles. The molecule has 3 rings (SSSR count). The molecule has 1 aliphatic carbocycles. The van der Waals surface area contributed by atoms with E-state index < -0.39 is 0 Å². The summed E-state index contributed by atoms with van der Waals surface area (Å²) in [5, 5.41) is 7.99. The van der Waals surface area contributed by atoms with Crippen LogP contribution in [0, 0.1) is 6.92 Å². The van der Waals surface area contributed by atoms with Gasteiger partial charge >= 0.3 is 0 Å². The van der Waals surface area contributed by atoms with Crippen molar-refractivity contribution in [2.75, 3.05) is 0 Å². The maximum atomic E-state index is 4.19. The van der Waals surface area contributed by atoms with E-state index >= 15 is 0 Å². The van der Waals surface area contributed by atoms with Crippen molar-refractivity contribution >= 4 is 11.4 Å². The van der Waals surface area contributed by atoms with E-state index in [4.69, 9.17) is 0 Å². The molecule has 2 aliphatic rings. The lowest BCUT2D eigenvalue weighted by atomic mass is 9.81. The van der Waals surface area contributed by atoms with E-state index in [0.717, 1.165) is 11.4 Å². The summed E-state index contributed by atoms with van der Waals surface area (Å²) in [4.78, 5) is 0. The van der Waals surface area contributed by atoms with Crippen molar-refractivity contribution in [2.45, 2.75) is 44.9 Å². The summed E-state index contributed by atoms with van der Waals surface area (Å²) in [6.45, 7) is 2.18. The van der Waals surface area contributed by atoms with Gasteiger partial charge in [-0.25, -0.2) is 0 Å². The summed E-state index contributed by atoms with van der Waals surface area (Å²) in [5.74, 6) is 0.677. The first kappa shape index (κ1) is 9.82. The molecule has 1 radical (unpaired) electrons. The highest BCUT2D eigenvalue weighted by atomic mass is 15.5. The average molecular weight is 214 g/mol. The Morgan fingerprint density at radius 3 is 2.75 bits per heavy atom. The highest BCUT2D eigenvalue weighted by molar-refractivity contribution is 5.69. The molecule has 0 amide bonds. The topological polar surface area (TPSA) is 38.8 Å². The lowest BCUT2D eigenvalue weighted by Crippen LogP contribution is -2.06. The van der Waals surface area contributed by atoms with Gasteiger partial charge in [0.05, 0.1) is 0 Å². The Hall–Kier alpha value is -1.38. The van der Waals surface area contributed by atoms with E-state index in [2.05, 4.69) is 28.8 Å². The number of fused-ring (bicyclic) bond motifs is 1. The van der Waals surface area contributed by atoms with Crippen LogP contribution in [-0.2, 0) is 0 Å². The zero-order valence-electron chi connectivity index (χ0n) is 9.61. The molecule has 0 unspecified atom stereocenters. The van der Waals surface area contributed by atoms with Crippen LogP contribution in [0.5, 0.6) is 0 Å². The minimum Gasteiger partial charge on any atom is -0.128 e. The Morgan fingerprint density at radius 1 is 1.12 bits per heavy atom. The molecule has 1 fully saturated rings. The van der Waals surface area contributed by atoms with Gasteiger partial charge in [-0.1, -0.05) is 25.3 Å². The molecule has 0 saturated heterocycles. The molecular formula is C13H16N3. The van der Waals surface area contributed by atoms with E-state index in [1.807, 2.05) is 6.07 Å². The highest BCUT2D eigenvalue weighted by Crippen LogP contribution is 2.44. The number of hydrogen-bond donors (Lipinski definition) is 0. The van der Waals surface area contributed by atoms with Gasteiger partial charge in [-0.05, 0) is 48.1 Å². The van der Waals surface area contributed by atoms with Crippen LogP contribution in [0.1, 0.15) is 49.1 Å². The summed E-state index contributed by atoms with van der Waals surface area (Å²) in [6.07, 6.45) is 6.68. The summed E-state index contributed by atoms with van der Waals surface area (Å²) in [5.41, 5.74) is 8.79. The van der Waals surface area contributed by atoms with Crippen LogP contribution in [0.2, 0.25) is 0 Å². The van der Waals surface area contributed by atoms with Gasteiger partial charge in [-0.15, -0.1) is 10.5 Å². The number of nitrogens with zero attached hydrogens (tertiary/aromatic N) is 3. The summed E-state index contributed by atoms with van der Waals surface area (Å²) >= 11 is 0. The normalized spacial score (nSPS) is 19.6. The van der Waals surface area contributed by atoms with E-state index in [1.165, 1.54) is 43.2 Å². The van der Waals surface area contributed by atoms with E-state index in [9.17, 15) is 0 Å². The van der Waals surface area contributed by atoms with Crippen LogP contribution in [0.3, 0.4) is 0 Å². The number of benzene rings is 1. The van der Waals surface area contributed by atoms with Crippen molar-refractivity contribution in [3.8, 4) is 0 Å². The highest BCUT2D eigenvalue weighted by Gasteiger charge is 2.24. The predicted octanol–water partition coefficient (Wildman–Crippen LogP) is 4.29. The molecule has 0 atom stereocenters. The van der Waals surface area contributed by atoms with Crippen molar-refractivity contribution in [3.63, 3.8) is 0 Å². The van der Waals surface area contributed by atoms with Gasteiger partial charge in [0, 0.05) is 0 Å². The third kappa shape index (κ3) is 1.51. The lowest BCUT2D eigenvalue weighted by Gasteiger charge is -2.24. The van der Waals surface area contributed by atoms with Crippen LogP contribution in [0.25, 0.3) is 0 Å². The predicted molar refractivity (Wildman–Crippen MR) is 63.3 cm³/mol. The SMILES string of the molecule is Cc1ccc2c(c1C1CCCCC1)N=N[N]2. The second-order valence-corrected chi connectivity index (χ2v) is 4.79. The minimum atomic E-state index is 0.677. The summed E-state index contributed by atoms with van der Waals surface area (Å²) < 4.78 is 0. The van der Waals surface area contributed by atoms with Gasteiger partial charge in [-0.2, -0.15) is 0 Å². The Balaban J connectivity index is 2.04. The maximum Gasteiger partial charge on any atom is 0.119 e. The Kier molecular flexibility index (Phi) is 2.39. The third-order valence-electron chi connectivity index (χ3n) is 3.72. The molecular weight excluding hydrogens is 198 g/mol. The van der Waals surface area contributed by atoms with Gasteiger partial charge in [0.1, 0.15) is 11.4 Å². The number of rotatable bonds is 1. The third-order valence-corrected chi connectivity index (χ3v) is 3.72. The van der Waals surface area contributed by atoms with Crippen LogP contribution in [0.15, 0.2) is 22.5 Å². The van der Waals surface area contributed by atoms with Crippen molar-refractivity contribution in [1.82, 2.24) is 5.43 Å². The molecule has 3 nitrogen and oxygen atoms in total. The molecule has 0 bridgehead atoms. The maximum absolute atomic E-state index is 4.19. The molecule has 1 aliphatic heterocycles. The Labute approximate surface area is 95.9 Å². The molecule has 83 valence electrons. The van der Waals surface area contributed by atoms with Crippen molar-refractivity contribution < 1.29 is 0 Å². The second kappa shape index (κ2) is 3.89. The molecule has 0 N–H and O–H groups in total. The van der Waals surface area contributed by atoms with Crippen LogP contribution in [-0.4, -0.2) is 0 Å². The molecule has 0 spiro atoms. The molecule has 1 heterocycles. The molecule has 1 aromatic rings. The zero-order chi connectivity index (χ0) is 11.0. The van der Waals surface area contributed by atoms with Crippen LogP contribution < -0.4 is 5.43 Å². The van der Waals surface area contributed by atoms with Crippen LogP contribution in [0.4, 0.5) is 11.4 Å². The first-order chi connectivity index (χ1) is 7.86. The van der Waals surface area contributed by atoms with Crippen molar-refractivity contribution in [1.29, 1.82) is 0 Å². The van der Waals surface area contributed by atoms with Crippen molar-refractivity contribution in [2.24, 2.45) is 10.3 Å². The zero-order valence-corrected chi connectivity index (χ0v) is 9.61. The molecule has 16 heavy (non-hydrogen) atoms. The minimum absolute atomic E-state index is 0.677. The van der Waals surface area contributed by atoms with Crippen LogP contribution >= 0.6 is 0 Å². The smallest absolute Gasteiger partial charge is 0.119 e. The van der Waals surface area contributed by atoms with E-state index in [-0.39, 0.29) is 0 Å². The fourth-order valence-corrected chi connectivity index (χ4v) is 2.91. The second-order valence-electron chi connectivity index (χ2n) is 4.79. The molecule has 1 aromatic carbocycles. The Morgan fingerprint density at radius 2 is 1.94 bits per heavy atom. The standard InChI is InChI=1S/C13H16N3/c1-9-7-8-11-13(15-16-14-11)12(9)10-5-3-2-4-6-10/h7-8,10H,2-6H2,1H3. The average Bonchev–Trinajstić information content (AvgIpc) is 2.78. The largest absolute Gasteiger partial charge is 0.128 e. The fraction of sp³-hybridized carbons (Fsp3) is 0.538. The van der Waals surface area contributed by atoms with Gasteiger partial charge in [0.2, 0.25) is 0 Å². The van der Waals surface area contributed by atoms with E-state index in [0.29, 0.717) is 5.92 Å². The summed E-state index contributed by atoms with van der Waals surface area (Å²) in [6, 6.07) is 4.18. The quantitative estimate of drug-likeness (QED) is 0.669. The lowest BCUT2D eigenvalue weighted by molar-refractivity contribution is 0.443. The molecule has 3 heteroatoms. The number of hydrogen-bond acceptors (Lipinski definition) is 2. The van der Waals surface area contributed by atoms with Gasteiger partial charge in [0.15, 0.2) is 0 Å². The Bertz CT molecular complexity index is 431. The van der Waals surface area contributed by atoms with Gasteiger partial charge in [0.25, 0.3) is 0 Å². The van der Waals surface area contributed by atoms with Gasteiger partial charge in [-0.3, -0.25) is 0 Å². The first-order valence-corrected chi connectivity index (χ1v) is 6.11. The molecule has 0 aromatic heterocycles. The fourth-order valence-electron chi connectivity index (χ4n) is 2.91.